The Morgan fingerprint density at radius 3 is 3.11 bits per heavy atom. The highest BCUT2D eigenvalue weighted by atomic mass is 35.5. The molecule has 0 unspecified atom stereocenters. The first kappa shape index (κ1) is 14.5. The van der Waals surface area contributed by atoms with Gasteiger partial charge in [-0.2, -0.15) is 0 Å². The maximum atomic E-state index is 12.1. The molecule has 0 aromatic heterocycles. The average Bonchev–Trinajstić information content (AvgIpc) is 2.68. The van der Waals surface area contributed by atoms with Gasteiger partial charge in [0.2, 0.25) is 5.91 Å². The van der Waals surface area contributed by atoms with E-state index in [1.54, 1.807) is 12.1 Å². The zero-order chi connectivity index (χ0) is 13.7. The third-order valence-electron chi connectivity index (χ3n) is 3.00. The van der Waals surface area contributed by atoms with Crippen molar-refractivity contribution in [3.63, 3.8) is 0 Å². The Morgan fingerprint density at radius 2 is 2.26 bits per heavy atom. The molecule has 6 heteroatoms. The lowest BCUT2D eigenvalue weighted by Gasteiger charge is -2.19. The summed E-state index contributed by atoms with van der Waals surface area (Å²) >= 11 is 7.53. The fraction of sp³-hybridized carbons (Fsp3) is 0.462. The molecule has 1 aromatic carbocycles. The standard InChI is InChI=1S/C13H18ClN3OS/c14-11-3-2-10(15)8-12(11)19-9-13(18)17-6-1-4-16-5-7-17/h2-3,8,16H,1,4-7,9,15H2. The highest BCUT2D eigenvalue weighted by Crippen LogP contribution is 2.29. The lowest BCUT2D eigenvalue weighted by atomic mass is 10.3. The van der Waals surface area contributed by atoms with Crippen LogP contribution in [0, 0.1) is 0 Å². The minimum atomic E-state index is 0.159. The molecule has 0 saturated carbocycles. The number of nitrogens with zero attached hydrogens (tertiary/aromatic N) is 1. The molecule has 0 spiro atoms. The van der Waals surface area contributed by atoms with Gasteiger partial charge in [-0.25, -0.2) is 0 Å². The summed E-state index contributed by atoms with van der Waals surface area (Å²) in [4.78, 5) is 14.9. The van der Waals surface area contributed by atoms with Crippen molar-refractivity contribution in [1.29, 1.82) is 0 Å². The molecule has 0 aliphatic carbocycles. The van der Waals surface area contributed by atoms with Gasteiger partial charge in [-0.3, -0.25) is 4.79 Å². The summed E-state index contributed by atoms with van der Waals surface area (Å²) < 4.78 is 0. The molecule has 1 fully saturated rings. The van der Waals surface area contributed by atoms with Crippen molar-refractivity contribution in [1.82, 2.24) is 10.2 Å². The van der Waals surface area contributed by atoms with E-state index >= 15 is 0 Å². The number of hydrogen-bond acceptors (Lipinski definition) is 4. The number of carbonyl (C=O) groups excluding carboxylic acids is 1. The second-order valence-corrected chi connectivity index (χ2v) is 5.89. The number of benzene rings is 1. The largest absolute Gasteiger partial charge is 0.399 e. The molecule has 0 atom stereocenters. The number of nitrogen functional groups attached to an aromatic ring is 1. The van der Waals surface area contributed by atoms with Gasteiger partial charge in [0.1, 0.15) is 0 Å². The van der Waals surface area contributed by atoms with Crippen LogP contribution in [0.4, 0.5) is 5.69 Å². The molecule has 0 radical (unpaired) electrons. The highest BCUT2D eigenvalue weighted by Gasteiger charge is 2.15. The molecule has 3 N–H and O–H groups in total. The molecule has 1 heterocycles. The normalized spacial score (nSPS) is 16.2. The maximum absolute atomic E-state index is 12.1. The molecule has 4 nitrogen and oxygen atoms in total. The summed E-state index contributed by atoms with van der Waals surface area (Å²) in [5.74, 6) is 0.565. The number of nitrogens with two attached hydrogens (primary N) is 1. The summed E-state index contributed by atoms with van der Waals surface area (Å²) in [7, 11) is 0. The van der Waals surface area contributed by atoms with Crippen molar-refractivity contribution in [2.45, 2.75) is 11.3 Å². The molecule has 1 aliphatic rings. The second-order valence-electron chi connectivity index (χ2n) is 4.46. The maximum Gasteiger partial charge on any atom is 0.232 e. The number of nitrogens with one attached hydrogen (secondary N) is 1. The molecule has 1 aliphatic heterocycles. The summed E-state index contributed by atoms with van der Waals surface area (Å²) in [6.45, 7) is 3.47. The molecule has 1 aromatic rings. The van der Waals surface area contributed by atoms with Gasteiger partial charge in [-0.15, -0.1) is 11.8 Å². The first-order valence-electron chi connectivity index (χ1n) is 6.33. The third kappa shape index (κ3) is 4.30. The van der Waals surface area contributed by atoms with Crippen LogP contribution in [0.15, 0.2) is 23.1 Å². The van der Waals surface area contributed by atoms with Crippen LogP contribution in [0.5, 0.6) is 0 Å². The summed E-state index contributed by atoms with van der Waals surface area (Å²) in [6.07, 6.45) is 1.01. The minimum absolute atomic E-state index is 0.159. The van der Waals surface area contributed by atoms with E-state index < -0.39 is 0 Å². The first-order valence-corrected chi connectivity index (χ1v) is 7.69. The Balaban J connectivity index is 1.90. The van der Waals surface area contributed by atoms with Gasteiger partial charge in [-0.05, 0) is 31.2 Å². The van der Waals surface area contributed by atoms with Crippen molar-refractivity contribution in [2.24, 2.45) is 0 Å². The number of hydrogen-bond donors (Lipinski definition) is 2. The number of anilines is 1. The molecular weight excluding hydrogens is 282 g/mol. The van der Waals surface area contributed by atoms with Crippen LogP contribution < -0.4 is 11.1 Å². The quantitative estimate of drug-likeness (QED) is 0.660. The summed E-state index contributed by atoms with van der Waals surface area (Å²) in [6, 6.07) is 5.33. The lowest BCUT2D eigenvalue weighted by Crippen LogP contribution is -2.35. The minimum Gasteiger partial charge on any atom is -0.399 e. The van der Waals surface area contributed by atoms with Gasteiger partial charge in [0.05, 0.1) is 10.8 Å². The van der Waals surface area contributed by atoms with E-state index in [1.165, 1.54) is 11.8 Å². The van der Waals surface area contributed by atoms with Gasteiger partial charge >= 0.3 is 0 Å². The van der Waals surface area contributed by atoms with Crippen LogP contribution in [-0.2, 0) is 4.79 Å². The number of thioether (sulfide) groups is 1. The monoisotopic (exact) mass is 299 g/mol. The van der Waals surface area contributed by atoms with E-state index in [-0.39, 0.29) is 5.91 Å². The van der Waals surface area contributed by atoms with Gasteiger partial charge < -0.3 is 16.0 Å². The van der Waals surface area contributed by atoms with E-state index in [0.29, 0.717) is 16.5 Å². The van der Waals surface area contributed by atoms with Crippen LogP contribution in [0.3, 0.4) is 0 Å². The van der Waals surface area contributed by atoms with Crippen LogP contribution >= 0.6 is 23.4 Å². The van der Waals surface area contributed by atoms with E-state index in [4.69, 9.17) is 17.3 Å². The summed E-state index contributed by atoms with van der Waals surface area (Å²) in [5, 5.41) is 3.93. The Morgan fingerprint density at radius 1 is 1.42 bits per heavy atom. The number of halogens is 1. The Labute approximate surface area is 122 Å². The second kappa shape index (κ2) is 7.03. The number of carbonyl (C=O) groups is 1. The average molecular weight is 300 g/mol. The predicted molar refractivity (Wildman–Crippen MR) is 80.7 cm³/mol. The Hall–Kier alpha value is -0.910. The van der Waals surface area contributed by atoms with Gasteiger partial charge in [0, 0.05) is 30.2 Å². The fourth-order valence-electron chi connectivity index (χ4n) is 1.96. The van der Waals surface area contributed by atoms with Crippen molar-refractivity contribution in [3.05, 3.63) is 23.2 Å². The van der Waals surface area contributed by atoms with Gasteiger partial charge in [0.15, 0.2) is 0 Å². The zero-order valence-electron chi connectivity index (χ0n) is 10.7. The topological polar surface area (TPSA) is 58.4 Å². The Kier molecular flexibility index (Phi) is 5.36. The Bertz CT molecular complexity index is 448. The van der Waals surface area contributed by atoms with E-state index in [2.05, 4.69) is 5.32 Å². The van der Waals surface area contributed by atoms with Crippen LogP contribution in [0.25, 0.3) is 0 Å². The van der Waals surface area contributed by atoms with Crippen LogP contribution in [0.1, 0.15) is 6.42 Å². The third-order valence-corrected chi connectivity index (χ3v) is 4.48. The lowest BCUT2D eigenvalue weighted by molar-refractivity contribution is -0.128. The van der Waals surface area contributed by atoms with Crippen molar-refractivity contribution in [3.8, 4) is 0 Å². The molecule has 2 rings (SSSR count). The van der Waals surface area contributed by atoms with E-state index in [0.717, 1.165) is 37.5 Å². The van der Waals surface area contributed by atoms with E-state index in [9.17, 15) is 4.79 Å². The molecule has 0 bridgehead atoms. The van der Waals surface area contributed by atoms with Crippen molar-refractivity contribution >= 4 is 35.0 Å². The zero-order valence-corrected chi connectivity index (χ0v) is 12.3. The van der Waals surface area contributed by atoms with Crippen LogP contribution in [-0.4, -0.2) is 42.7 Å². The fourth-order valence-corrected chi connectivity index (χ4v) is 3.12. The molecule has 19 heavy (non-hydrogen) atoms. The molecule has 1 saturated heterocycles. The van der Waals surface area contributed by atoms with Crippen molar-refractivity contribution < 1.29 is 4.79 Å². The SMILES string of the molecule is Nc1ccc(Cl)c(SCC(=O)N2CCCNCC2)c1. The smallest absolute Gasteiger partial charge is 0.232 e. The molecule has 104 valence electrons. The molecular formula is C13H18ClN3OS. The van der Waals surface area contributed by atoms with E-state index in [1.807, 2.05) is 11.0 Å². The van der Waals surface area contributed by atoms with Crippen molar-refractivity contribution in [2.75, 3.05) is 37.7 Å². The predicted octanol–water partition coefficient (Wildman–Crippen LogP) is 1.84. The van der Waals surface area contributed by atoms with Gasteiger partial charge in [0.25, 0.3) is 0 Å². The molecule has 1 amide bonds. The first-order chi connectivity index (χ1) is 9.16. The van der Waals surface area contributed by atoms with Gasteiger partial charge in [-0.1, -0.05) is 11.6 Å². The highest BCUT2D eigenvalue weighted by molar-refractivity contribution is 8.00. The van der Waals surface area contributed by atoms with Crippen LogP contribution in [0.2, 0.25) is 5.02 Å². The number of amides is 1. The number of rotatable bonds is 3. The summed E-state index contributed by atoms with van der Waals surface area (Å²) in [5.41, 5.74) is 6.39.